The van der Waals surface area contributed by atoms with E-state index in [0.29, 0.717) is 5.69 Å². The molecule has 4 N–H and O–H groups in total. The van der Waals surface area contributed by atoms with Gasteiger partial charge in [-0.05, 0) is 19.4 Å². The summed E-state index contributed by atoms with van der Waals surface area (Å²) in [5.41, 5.74) is 8.97. The minimum atomic E-state index is -0.681. The SMILES string of the molecule is Cc1n[nH]c(C)c1NC(=O)[C@@H](N)c1ccccc1. The highest BCUT2D eigenvalue weighted by atomic mass is 16.2. The predicted molar refractivity (Wildman–Crippen MR) is 70.1 cm³/mol. The maximum Gasteiger partial charge on any atom is 0.245 e. The summed E-state index contributed by atoms with van der Waals surface area (Å²) >= 11 is 0. The zero-order chi connectivity index (χ0) is 13.1. The summed E-state index contributed by atoms with van der Waals surface area (Å²) in [6, 6.07) is 8.59. The molecule has 0 radical (unpaired) electrons. The van der Waals surface area contributed by atoms with Gasteiger partial charge >= 0.3 is 0 Å². The minimum absolute atomic E-state index is 0.242. The van der Waals surface area contributed by atoms with Gasteiger partial charge in [-0.3, -0.25) is 9.89 Å². The maximum absolute atomic E-state index is 12.0. The van der Waals surface area contributed by atoms with Crippen LogP contribution in [0.15, 0.2) is 30.3 Å². The molecule has 5 nitrogen and oxygen atoms in total. The van der Waals surface area contributed by atoms with Gasteiger partial charge in [0.05, 0.1) is 17.1 Å². The second kappa shape index (κ2) is 5.01. The Kier molecular flexibility index (Phi) is 3.43. The average Bonchev–Trinajstić information content (AvgIpc) is 2.70. The third-order valence-electron chi connectivity index (χ3n) is 2.82. The van der Waals surface area contributed by atoms with Gasteiger partial charge in [0.25, 0.3) is 0 Å². The molecule has 0 unspecified atom stereocenters. The Morgan fingerprint density at radius 1 is 1.33 bits per heavy atom. The second-order valence-corrected chi connectivity index (χ2v) is 4.19. The van der Waals surface area contributed by atoms with Crippen LogP contribution in [0, 0.1) is 13.8 Å². The molecule has 1 heterocycles. The van der Waals surface area contributed by atoms with Gasteiger partial charge in [0.1, 0.15) is 6.04 Å². The standard InChI is InChI=1S/C13H16N4O/c1-8-12(9(2)17-16-8)15-13(18)11(14)10-6-4-3-5-7-10/h3-7,11H,14H2,1-2H3,(H,15,18)(H,16,17)/t11-/m0/s1. The third kappa shape index (κ3) is 2.41. The monoisotopic (exact) mass is 244 g/mol. The largest absolute Gasteiger partial charge is 0.321 e. The van der Waals surface area contributed by atoms with Crippen molar-refractivity contribution < 1.29 is 4.79 Å². The van der Waals surface area contributed by atoms with E-state index in [1.165, 1.54) is 0 Å². The number of hydrogen-bond donors (Lipinski definition) is 3. The number of hydrogen-bond acceptors (Lipinski definition) is 3. The number of carbonyl (C=O) groups excluding carboxylic acids is 1. The highest BCUT2D eigenvalue weighted by Gasteiger charge is 2.18. The first-order chi connectivity index (χ1) is 8.59. The van der Waals surface area contributed by atoms with Gasteiger partial charge in [-0.25, -0.2) is 0 Å². The third-order valence-corrected chi connectivity index (χ3v) is 2.82. The molecule has 0 aliphatic heterocycles. The molecule has 0 aliphatic carbocycles. The van der Waals surface area contributed by atoms with Crippen molar-refractivity contribution in [2.75, 3.05) is 5.32 Å². The van der Waals surface area contributed by atoms with Crippen LogP contribution in [-0.4, -0.2) is 16.1 Å². The van der Waals surface area contributed by atoms with Gasteiger partial charge in [-0.1, -0.05) is 30.3 Å². The van der Waals surface area contributed by atoms with Crippen LogP contribution in [0.5, 0.6) is 0 Å². The molecule has 1 amide bonds. The summed E-state index contributed by atoms with van der Waals surface area (Å²) < 4.78 is 0. The molecule has 0 saturated heterocycles. The number of nitrogens with zero attached hydrogens (tertiary/aromatic N) is 1. The van der Waals surface area contributed by atoms with E-state index in [-0.39, 0.29) is 5.91 Å². The molecule has 1 aromatic heterocycles. The quantitative estimate of drug-likeness (QED) is 0.767. The molecule has 0 fully saturated rings. The molecule has 5 heteroatoms. The molecule has 1 aromatic carbocycles. The van der Waals surface area contributed by atoms with E-state index in [4.69, 9.17) is 5.73 Å². The van der Waals surface area contributed by atoms with Crippen molar-refractivity contribution >= 4 is 11.6 Å². The number of aromatic nitrogens is 2. The van der Waals surface area contributed by atoms with Crippen LogP contribution in [0.1, 0.15) is 23.0 Å². The lowest BCUT2D eigenvalue weighted by Gasteiger charge is -2.12. The Morgan fingerprint density at radius 3 is 2.56 bits per heavy atom. The molecular weight excluding hydrogens is 228 g/mol. The number of nitrogens with two attached hydrogens (primary N) is 1. The fraction of sp³-hybridized carbons (Fsp3) is 0.231. The van der Waals surface area contributed by atoms with Crippen molar-refractivity contribution in [3.8, 4) is 0 Å². The zero-order valence-electron chi connectivity index (χ0n) is 10.4. The summed E-state index contributed by atoms with van der Waals surface area (Å²) in [5.74, 6) is -0.242. The van der Waals surface area contributed by atoms with E-state index in [1.54, 1.807) is 0 Å². The number of aryl methyl sites for hydroxylation is 2. The Bertz CT molecular complexity index is 528. The molecule has 0 spiro atoms. The first-order valence-corrected chi connectivity index (χ1v) is 5.72. The molecular formula is C13H16N4O. The smallest absolute Gasteiger partial charge is 0.245 e. The molecule has 0 saturated carbocycles. The van der Waals surface area contributed by atoms with Crippen molar-refractivity contribution in [2.45, 2.75) is 19.9 Å². The topological polar surface area (TPSA) is 83.8 Å². The number of benzene rings is 1. The predicted octanol–water partition coefficient (Wildman–Crippen LogP) is 1.67. The van der Waals surface area contributed by atoms with Crippen molar-refractivity contribution in [1.82, 2.24) is 10.2 Å². The van der Waals surface area contributed by atoms with Gasteiger partial charge in [-0.15, -0.1) is 0 Å². The van der Waals surface area contributed by atoms with E-state index in [1.807, 2.05) is 44.2 Å². The minimum Gasteiger partial charge on any atom is -0.321 e. The lowest BCUT2D eigenvalue weighted by Crippen LogP contribution is -2.28. The van der Waals surface area contributed by atoms with Gasteiger partial charge in [0, 0.05) is 0 Å². The van der Waals surface area contributed by atoms with E-state index in [0.717, 1.165) is 17.0 Å². The lowest BCUT2D eigenvalue weighted by molar-refractivity contribution is -0.117. The molecule has 1 atom stereocenters. The lowest BCUT2D eigenvalue weighted by atomic mass is 10.1. The number of aromatic amines is 1. The summed E-state index contributed by atoms with van der Waals surface area (Å²) in [6.45, 7) is 3.68. The van der Waals surface area contributed by atoms with Crippen molar-refractivity contribution in [1.29, 1.82) is 0 Å². The van der Waals surface area contributed by atoms with Crippen molar-refractivity contribution in [2.24, 2.45) is 5.73 Å². The van der Waals surface area contributed by atoms with E-state index < -0.39 is 6.04 Å². The summed E-state index contributed by atoms with van der Waals surface area (Å²) in [6.07, 6.45) is 0. The number of amides is 1. The summed E-state index contributed by atoms with van der Waals surface area (Å²) in [7, 11) is 0. The molecule has 0 aliphatic rings. The molecule has 0 bridgehead atoms. The number of carbonyl (C=O) groups is 1. The number of nitrogens with one attached hydrogen (secondary N) is 2. The van der Waals surface area contributed by atoms with Crippen LogP contribution >= 0.6 is 0 Å². The molecule has 2 aromatic rings. The average molecular weight is 244 g/mol. The number of rotatable bonds is 3. The highest BCUT2D eigenvalue weighted by Crippen LogP contribution is 2.18. The van der Waals surface area contributed by atoms with Crippen LogP contribution < -0.4 is 11.1 Å². The van der Waals surface area contributed by atoms with Crippen molar-refractivity contribution in [3.63, 3.8) is 0 Å². The number of H-pyrrole nitrogens is 1. The summed E-state index contributed by atoms with van der Waals surface area (Å²) in [5, 5.41) is 9.64. The fourth-order valence-corrected chi connectivity index (χ4v) is 1.75. The number of anilines is 1. The Morgan fingerprint density at radius 2 is 2.00 bits per heavy atom. The van der Waals surface area contributed by atoms with Gasteiger partial charge in [0.2, 0.25) is 5.91 Å². The fourth-order valence-electron chi connectivity index (χ4n) is 1.75. The van der Waals surface area contributed by atoms with E-state index in [2.05, 4.69) is 15.5 Å². The van der Waals surface area contributed by atoms with Crippen molar-refractivity contribution in [3.05, 3.63) is 47.3 Å². The second-order valence-electron chi connectivity index (χ2n) is 4.19. The van der Waals surface area contributed by atoms with Crippen LogP contribution in [0.25, 0.3) is 0 Å². The van der Waals surface area contributed by atoms with Crippen LogP contribution in [0.4, 0.5) is 5.69 Å². The van der Waals surface area contributed by atoms with E-state index >= 15 is 0 Å². The van der Waals surface area contributed by atoms with Crippen LogP contribution in [0.3, 0.4) is 0 Å². The Balaban J connectivity index is 2.14. The first kappa shape index (κ1) is 12.3. The van der Waals surface area contributed by atoms with E-state index in [9.17, 15) is 4.79 Å². The molecule has 18 heavy (non-hydrogen) atoms. The Labute approximate surface area is 105 Å². The molecule has 94 valence electrons. The Hall–Kier alpha value is -2.14. The van der Waals surface area contributed by atoms with Gasteiger partial charge in [0.15, 0.2) is 0 Å². The van der Waals surface area contributed by atoms with Crippen LogP contribution in [-0.2, 0) is 4.79 Å². The zero-order valence-corrected chi connectivity index (χ0v) is 10.4. The normalized spacial score (nSPS) is 12.2. The van der Waals surface area contributed by atoms with Crippen LogP contribution in [0.2, 0.25) is 0 Å². The molecule has 2 rings (SSSR count). The summed E-state index contributed by atoms with van der Waals surface area (Å²) in [4.78, 5) is 12.0. The van der Waals surface area contributed by atoms with Gasteiger partial charge in [-0.2, -0.15) is 5.10 Å². The van der Waals surface area contributed by atoms with Gasteiger partial charge < -0.3 is 11.1 Å². The first-order valence-electron chi connectivity index (χ1n) is 5.72. The highest BCUT2D eigenvalue weighted by molar-refractivity contribution is 5.96. The maximum atomic E-state index is 12.0.